The van der Waals surface area contributed by atoms with Gasteiger partial charge in [0, 0.05) is 6.54 Å². The van der Waals surface area contributed by atoms with E-state index in [-0.39, 0.29) is 12.6 Å². The second kappa shape index (κ2) is 5.96. The summed E-state index contributed by atoms with van der Waals surface area (Å²) < 4.78 is 1.80. The van der Waals surface area contributed by atoms with Crippen LogP contribution in [0.4, 0.5) is 0 Å². The fourth-order valence-electron chi connectivity index (χ4n) is 1.62. The first-order valence-corrected chi connectivity index (χ1v) is 5.84. The van der Waals surface area contributed by atoms with Gasteiger partial charge in [0.05, 0.1) is 24.0 Å². The van der Waals surface area contributed by atoms with E-state index in [2.05, 4.69) is 24.2 Å². The van der Waals surface area contributed by atoms with E-state index in [9.17, 15) is 0 Å². The first-order chi connectivity index (χ1) is 7.60. The van der Waals surface area contributed by atoms with Crippen LogP contribution in [0.15, 0.2) is 0 Å². The lowest BCUT2D eigenvalue weighted by Crippen LogP contribution is -2.15. The third-order valence-electron chi connectivity index (χ3n) is 2.71. The summed E-state index contributed by atoms with van der Waals surface area (Å²) in [4.78, 5) is 0. The highest BCUT2D eigenvalue weighted by Crippen LogP contribution is 2.15. The lowest BCUT2D eigenvalue weighted by Gasteiger charge is -2.13. The molecule has 1 rings (SSSR count). The highest BCUT2D eigenvalue weighted by molar-refractivity contribution is 5.11. The fourth-order valence-corrected chi connectivity index (χ4v) is 1.62. The van der Waals surface area contributed by atoms with E-state index in [1.54, 1.807) is 4.68 Å². The molecule has 92 valence electrons. The second-order valence-corrected chi connectivity index (χ2v) is 4.60. The molecule has 5 nitrogen and oxygen atoms in total. The molecule has 1 atom stereocenters. The van der Waals surface area contributed by atoms with Crippen molar-refractivity contribution < 1.29 is 5.11 Å². The molecule has 1 unspecified atom stereocenters. The monoisotopic (exact) mass is 226 g/mol. The maximum absolute atomic E-state index is 9.15. The van der Waals surface area contributed by atoms with Gasteiger partial charge in [-0.05, 0) is 25.7 Å². The highest BCUT2D eigenvalue weighted by Gasteiger charge is 2.15. The molecule has 0 saturated heterocycles. The van der Waals surface area contributed by atoms with Gasteiger partial charge < -0.3 is 10.8 Å². The summed E-state index contributed by atoms with van der Waals surface area (Å²) in [7, 11) is 0. The third-order valence-corrected chi connectivity index (χ3v) is 2.71. The van der Waals surface area contributed by atoms with Gasteiger partial charge in [-0.1, -0.05) is 19.1 Å². The molecule has 0 saturated carbocycles. The predicted molar refractivity (Wildman–Crippen MR) is 62.9 cm³/mol. The number of rotatable bonds is 6. The van der Waals surface area contributed by atoms with E-state index in [1.165, 1.54) is 0 Å². The van der Waals surface area contributed by atoms with Crippen LogP contribution in [-0.2, 0) is 13.0 Å². The molecule has 16 heavy (non-hydrogen) atoms. The Hall–Kier alpha value is -0.940. The Balaban J connectivity index is 2.87. The summed E-state index contributed by atoms with van der Waals surface area (Å²) in [6.45, 7) is 6.78. The van der Waals surface area contributed by atoms with Gasteiger partial charge in [0.2, 0.25) is 0 Å². The quantitative estimate of drug-likeness (QED) is 0.755. The van der Waals surface area contributed by atoms with Gasteiger partial charge >= 0.3 is 0 Å². The maximum atomic E-state index is 9.15. The fraction of sp³-hybridized carbons (Fsp3) is 0.818. The lowest BCUT2D eigenvalue weighted by atomic mass is 10.0. The van der Waals surface area contributed by atoms with Crippen LogP contribution in [0.1, 0.15) is 44.6 Å². The molecule has 1 aromatic rings. The molecule has 0 amide bonds. The van der Waals surface area contributed by atoms with Crippen molar-refractivity contribution >= 4 is 0 Å². The number of hydrogen-bond donors (Lipinski definition) is 2. The molecular formula is C11H22N4O. The van der Waals surface area contributed by atoms with E-state index < -0.39 is 0 Å². The molecule has 0 radical (unpaired) electrons. The average Bonchev–Trinajstić information content (AvgIpc) is 2.67. The van der Waals surface area contributed by atoms with Crippen molar-refractivity contribution in [1.29, 1.82) is 0 Å². The Labute approximate surface area is 96.6 Å². The van der Waals surface area contributed by atoms with Crippen LogP contribution in [0, 0.1) is 5.92 Å². The number of hydrogen-bond acceptors (Lipinski definition) is 4. The van der Waals surface area contributed by atoms with Gasteiger partial charge in [0.25, 0.3) is 0 Å². The Morgan fingerprint density at radius 2 is 2.06 bits per heavy atom. The Morgan fingerprint density at radius 1 is 1.38 bits per heavy atom. The van der Waals surface area contributed by atoms with Gasteiger partial charge in [0.1, 0.15) is 0 Å². The minimum absolute atomic E-state index is 0.0324. The normalized spacial score (nSPS) is 13.4. The van der Waals surface area contributed by atoms with Crippen molar-refractivity contribution in [3.63, 3.8) is 0 Å². The highest BCUT2D eigenvalue weighted by atomic mass is 16.3. The van der Waals surface area contributed by atoms with Gasteiger partial charge in [-0.3, -0.25) is 0 Å². The van der Waals surface area contributed by atoms with Crippen molar-refractivity contribution in [2.24, 2.45) is 11.7 Å². The van der Waals surface area contributed by atoms with Crippen LogP contribution in [0.25, 0.3) is 0 Å². The molecule has 0 aliphatic heterocycles. The first-order valence-electron chi connectivity index (χ1n) is 5.84. The number of nitrogens with two attached hydrogens (primary N) is 1. The largest absolute Gasteiger partial charge is 0.394 e. The number of aliphatic hydroxyl groups is 1. The molecule has 3 N–H and O–H groups in total. The molecule has 0 spiro atoms. The molecule has 0 aliphatic rings. The SMILES string of the molecule is CC(C)CCc1c(CN)nnn1C(C)CO. The van der Waals surface area contributed by atoms with E-state index in [4.69, 9.17) is 10.8 Å². The van der Waals surface area contributed by atoms with Crippen LogP contribution >= 0.6 is 0 Å². The maximum Gasteiger partial charge on any atom is 0.0994 e. The predicted octanol–water partition coefficient (Wildman–Crippen LogP) is 0.879. The van der Waals surface area contributed by atoms with E-state index in [0.717, 1.165) is 24.2 Å². The minimum Gasteiger partial charge on any atom is -0.394 e. The van der Waals surface area contributed by atoms with Gasteiger partial charge in [-0.15, -0.1) is 5.10 Å². The zero-order chi connectivity index (χ0) is 12.1. The molecule has 1 heterocycles. The summed E-state index contributed by atoms with van der Waals surface area (Å²) in [6.07, 6.45) is 2.00. The van der Waals surface area contributed by atoms with E-state index in [1.807, 2.05) is 6.92 Å². The molecule has 0 aromatic carbocycles. The van der Waals surface area contributed by atoms with Crippen molar-refractivity contribution in [3.05, 3.63) is 11.4 Å². The summed E-state index contributed by atoms with van der Waals surface area (Å²) in [5, 5.41) is 17.3. The number of aliphatic hydroxyl groups excluding tert-OH is 1. The summed E-state index contributed by atoms with van der Waals surface area (Å²) in [6, 6.07) is -0.0324. The van der Waals surface area contributed by atoms with Gasteiger partial charge in [-0.25, -0.2) is 4.68 Å². The standard InChI is InChI=1S/C11H22N4O/c1-8(2)4-5-11-10(6-12)13-14-15(11)9(3)7-16/h8-9,16H,4-7,12H2,1-3H3. The lowest BCUT2D eigenvalue weighted by molar-refractivity contribution is 0.225. The van der Waals surface area contributed by atoms with Gasteiger partial charge in [-0.2, -0.15) is 0 Å². The third kappa shape index (κ3) is 3.02. The summed E-state index contributed by atoms with van der Waals surface area (Å²) >= 11 is 0. The molecule has 0 fully saturated rings. The smallest absolute Gasteiger partial charge is 0.0994 e. The van der Waals surface area contributed by atoms with E-state index in [0.29, 0.717) is 12.5 Å². The van der Waals surface area contributed by atoms with Crippen molar-refractivity contribution in [2.75, 3.05) is 6.61 Å². The summed E-state index contributed by atoms with van der Waals surface area (Å²) in [5.41, 5.74) is 7.55. The average molecular weight is 226 g/mol. The first kappa shape index (κ1) is 13.1. The zero-order valence-corrected chi connectivity index (χ0v) is 10.3. The zero-order valence-electron chi connectivity index (χ0n) is 10.3. The van der Waals surface area contributed by atoms with Crippen molar-refractivity contribution in [2.45, 2.75) is 46.2 Å². The van der Waals surface area contributed by atoms with Crippen molar-refractivity contribution in [1.82, 2.24) is 15.0 Å². The van der Waals surface area contributed by atoms with E-state index >= 15 is 0 Å². The van der Waals surface area contributed by atoms with Crippen LogP contribution in [-0.4, -0.2) is 26.7 Å². The van der Waals surface area contributed by atoms with Crippen LogP contribution in [0.5, 0.6) is 0 Å². The van der Waals surface area contributed by atoms with Crippen molar-refractivity contribution in [3.8, 4) is 0 Å². The molecule has 0 bridgehead atoms. The number of nitrogens with zero attached hydrogens (tertiary/aromatic N) is 3. The molecule has 5 heteroatoms. The number of aromatic nitrogens is 3. The molecular weight excluding hydrogens is 204 g/mol. The van der Waals surface area contributed by atoms with Gasteiger partial charge in [0.15, 0.2) is 0 Å². The Morgan fingerprint density at radius 3 is 2.56 bits per heavy atom. The second-order valence-electron chi connectivity index (χ2n) is 4.60. The topological polar surface area (TPSA) is 77.0 Å². The Bertz CT molecular complexity index is 322. The Kier molecular flexibility index (Phi) is 4.89. The van der Waals surface area contributed by atoms with Crippen LogP contribution in [0.2, 0.25) is 0 Å². The molecule has 0 aliphatic carbocycles. The van der Waals surface area contributed by atoms with Crippen LogP contribution < -0.4 is 5.73 Å². The minimum atomic E-state index is -0.0324. The summed E-state index contributed by atoms with van der Waals surface area (Å²) in [5.74, 6) is 0.637. The van der Waals surface area contributed by atoms with Crippen LogP contribution in [0.3, 0.4) is 0 Å². The molecule has 1 aromatic heterocycles.